The first kappa shape index (κ1) is 19.9. The molecule has 4 rings (SSSR count). The van der Waals surface area contributed by atoms with Crippen molar-refractivity contribution in [1.29, 1.82) is 0 Å². The Hall–Kier alpha value is -1.41. The molecule has 0 spiro atoms. The molecule has 1 aliphatic heterocycles. The van der Waals surface area contributed by atoms with E-state index in [2.05, 4.69) is 5.32 Å². The number of benzene rings is 1. The molecule has 1 saturated carbocycles. The van der Waals surface area contributed by atoms with Crippen LogP contribution in [-0.2, 0) is 14.8 Å². The number of rotatable bonds is 6. The minimum atomic E-state index is -3.52. The smallest absolute Gasteiger partial charge is 0.252 e. The Morgan fingerprint density at radius 2 is 1.93 bits per heavy atom. The van der Waals surface area contributed by atoms with E-state index >= 15 is 0 Å². The van der Waals surface area contributed by atoms with Gasteiger partial charge < -0.3 is 5.32 Å². The second-order valence-electron chi connectivity index (χ2n) is 7.51. The van der Waals surface area contributed by atoms with Crippen LogP contribution in [0.2, 0.25) is 5.02 Å². The average Bonchev–Trinajstić information content (AvgIpc) is 3.38. The number of carbonyl (C=O) groups is 1. The maximum Gasteiger partial charge on any atom is 0.252 e. The monoisotopic (exact) mass is 438 g/mol. The normalized spacial score (nSPS) is 22.0. The van der Waals surface area contributed by atoms with Crippen LogP contribution in [-0.4, -0.2) is 31.7 Å². The number of amides is 1. The third kappa shape index (κ3) is 4.27. The van der Waals surface area contributed by atoms with Crippen molar-refractivity contribution in [3.8, 4) is 0 Å². The Bertz CT molecular complexity index is 925. The Labute approximate surface area is 174 Å². The summed E-state index contributed by atoms with van der Waals surface area (Å²) in [5.41, 5.74) is 1.05. The minimum Gasteiger partial charge on any atom is -0.349 e. The lowest BCUT2D eigenvalue weighted by molar-refractivity contribution is -0.127. The summed E-state index contributed by atoms with van der Waals surface area (Å²) in [6.45, 7) is 0.706. The summed E-state index contributed by atoms with van der Waals surface area (Å²) in [6.07, 6.45) is 3.59. The van der Waals surface area contributed by atoms with Gasteiger partial charge in [-0.05, 0) is 60.7 Å². The summed E-state index contributed by atoms with van der Waals surface area (Å²) in [5, 5.41) is 5.62. The van der Waals surface area contributed by atoms with Gasteiger partial charge in [0.05, 0.1) is 12.0 Å². The van der Waals surface area contributed by atoms with Crippen LogP contribution >= 0.6 is 22.9 Å². The zero-order valence-corrected chi connectivity index (χ0v) is 17.8. The summed E-state index contributed by atoms with van der Waals surface area (Å²) >= 11 is 7.20. The topological polar surface area (TPSA) is 66.5 Å². The number of hydrogen-bond donors (Lipinski definition) is 1. The van der Waals surface area contributed by atoms with E-state index in [1.165, 1.54) is 15.6 Å². The molecule has 2 aliphatic rings. The molecule has 28 heavy (non-hydrogen) atoms. The van der Waals surface area contributed by atoms with Crippen molar-refractivity contribution in [2.75, 3.05) is 13.1 Å². The van der Waals surface area contributed by atoms with Crippen LogP contribution in [0.4, 0.5) is 0 Å². The summed E-state index contributed by atoms with van der Waals surface area (Å²) in [7, 11) is -3.52. The van der Waals surface area contributed by atoms with E-state index in [1.54, 1.807) is 17.5 Å². The molecule has 0 radical (unpaired) electrons. The molecule has 1 saturated heterocycles. The SMILES string of the molecule is O=C(NC(c1ccc(Cl)cc1)C1CC1)C1CCCN(S(=O)(=O)c2cccs2)C1. The molecule has 2 unspecified atom stereocenters. The predicted molar refractivity (Wildman–Crippen MR) is 111 cm³/mol. The van der Waals surface area contributed by atoms with Gasteiger partial charge in [-0.15, -0.1) is 11.3 Å². The lowest BCUT2D eigenvalue weighted by Gasteiger charge is -2.32. The van der Waals surface area contributed by atoms with E-state index in [1.807, 2.05) is 24.3 Å². The van der Waals surface area contributed by atoms with E-state index in [0.29, 0.717) is 34.5 Å². The van der Waals surface area contributed by atoms with Crippen molar-refractivity contribution >= 4 is 38.9 Å². The highest BCUT2D eigenvalue weighted by Crippen LogP contribution is 2.41. The highest BCUT2D eigenvalue weighted by Gasteiger charge is 2.37. The number of piperidine rings is 1. The molecular formula is C20H23ClN2O3S2. The summed E-state index contributed by atoms with van der Waals surface area (Å²) in [4.78, 5) is 13.0. The molecule has 1 aromatic heterocycles. The van der Waals surface area contributed by atoms with Crippen LogP contribution in [0.5, 0.6) is 0 Å². The second-order valence-corrected chi connectivity index (χ2v) is 11.1. The zero-order chi connectivity index (χ0) is 19.7. The first-order valence-corrected chi connectivity index (χ1v) is 12.2. The number of halogens is 1. The maximum atomic E-state index is 13.0. The van der Waals surface area contributed by atoms with Gasteiger partial charge in [-0.2, -0.15) is 4.31 Å². The minimum absolute atomic E-state index is 0.0333. The first-order chi connectivity index (χ1) is 13.4. The van der Waals surface area contributed by atoms with Gasteiger partial charge in [0.1, 0.15) is 4.21 Å². The molecule has 2 heterocycles. The number of nitrogens with zero attached hydrogens (tertiary/aromatic N) is 1. The summed E-state index contributed by atoms with van der Waals surface area (Å²) in [5.74, 6) is 0.0645. The van der Waals surface area contributed by atoms with Crippen molar-refractivity contribution in [3.63, 3.8) is 0 Å². The first-order valence-electron chi connectivity index (χ1n) is 9.54. The Morgan fingerprint density at radius 3 is 2.57 bits per heavy atom. The Kier molecular flexibility index (Phi) is 5.78. The standard InChI is InChI=1S/C20H23ClN2O3S2/c21-17-9-7-15(8-10-17)19(14-5-6-14)22-20(24)16-3-1-11-23(13-16)28(25,26)18-4-2-12-27-18/h2,4,7-10,12,14,16,19H,1,3,5-6,11,13H2,(H,22,24). The molecule has 150 valence electrons. The number of sulfonamides is 1. The fourth-order valence-electron chi connectivity index (χ4n) is 3.76. The number of carbonyl (C=O) groups excluding carboxylic acids is 1. The fourth-order valence-corrected chi connectivity index (χ4v) is 6.55. The molecule has 8 heteroatoms. The van der Waals surface area contributed by atoms with Gasteiger partial charge >= 0.3 is 0 Å². The Morgan fingerprint density at radius 1 is 1.18 bits per heavy atom. The van der Waals surface area contributed by atoms with Gasteiger partial charge in [-0.1, -0.05) is 29.8 Å². The molecule has 5 nitrogen and oxygen atoms in total. The molecule has 1 N–H and O–H groups in total. The molecule has 2 atom stereocenters. The van der Waals surface area contributed by atoms with Gasteiger partial charge in [0.2, 0.25) is 5.91 Å². The van der Waals surface area contributed by atoms with Gasteiger partial charge in [0, 0.05) is 18.1 Å². The molecule has 2 fully saturated rings. The second kappa shape index (κ2) is 8.14. The average molecular weight is 439 g/mol. The van der Waals surface area contributed by atoms with Crippen LogP contribution in [0.25, 0.3) is 0 Å². The summed E-state index contributed by atoms with van der Waals surface area (Å²) in [6, 6.07) is 10.9. The predicted octanol–water partition coefficient (Wildman–Crippen LogP) is 4.07. The number of thiophene rings is 1. The van der Waals surface area contributed by atoms with Crippen LogP contribution in [0.3, 0.4) is 0 Å². The van der Waals surface area contributed by atoms with Gasteiger partial charge in [-0.25, -0.2) is 8.42 Å². The third-order valence-electron chi connectivity index (χ3n) is 5.46. The van der Waals surface area contributed by atoms with Crippen LogP contribution in [0.1, 0.15) is 37.3 Å². The number of hydrogen-bond acceptors (Lipinski definition) is 4. The maximum absolute atomic E-state index is 13.0. The van der Waals surface area contributed by atoms with Gasteiger partial charge in [0.15, 0.2) is 0 Å². The lowest BCUT2D eigenvalue weighted by atomic mass is 9.96. The van der Waals surface area contributed by atoms with E-state index in [-0.39, 0.29) is 24.4 Å². The summed E-state index contributed by atoms with van der Waals surface area (Å²) < 4.78 is 27.4. The van der Waals surface area contributed by atoms with Crippen molar-refractivity contribution in [2.24, 2.45) is 11.8 Å². The van der Waals surface area contributed by atoms with Gasteiger partial charge in [-0.3, -0.25) is 4.79 Å². The van der Waals surface area contributed by atoms with Gasteiger partial charge in [0.25, 0.3) is 10.0 Å². The molecule has 1 aliphatic carbocycles. The van der Waals surface area contributed by atoms with Crippen molar-refractivity contribution in [1.82, 2.24) is 9.62 Å². The van der Waals surface area contributed by atoms with E-state index in [9.17, 15) is 13.2 Å². The van der Waals surface area contributed by atoms with Crippen LogP contribution < -0.4 is 5.32 Å². The van der Waals surface area contributed by atoms with Crippen molar-refractivity contribution < 1.29 is 13.2 Å². The zero-order valence-electron chi connectivity index (χ0n) is 15.4. The quantitative estimate of drug-likeness (QED) is 0.739. The highest BCUT2D eigenvalue weighted by atomic mass is 35.5. The lowest BCUT2D eigenvalue weighted by Crippen LogP contribution is -2.46. The van der Waals surface area contributed by atoms with E-state index in [4.69, 9.17) is 11.6 Å². The molecule has 2 aromatic rings. The highest BCUT2D eigenvalue weighted by molar-refractivity contribution is 7.91. The fraction of sp³-hybridized carbons (Fsp3) is 0.450. The molecule has 0 bridgehead atoms. The van der Waals surface area contributed by atoms with Crippen molar-refractivity contribution in [2.45, 2.75) is 35.9 Å². The van der Waals surface area contributed by atoms with E-state index < -0.39 is 10.0 Å². The molecule has 1 amide bonds. The van der Waals surface area contributed by atoms with Crippen molar-refractivity contribution in [3.05, 3.63) is 52.4 Å². The largest absolute Gasteiger partial charge is 0.349 e. The molecular weight excluding hydrogens is 416 g/mol. The third-order valence-corrected chi connectivity index (χ3v) is 8.95. The van der Waals surface area contributed by atoms with Crippen LogP contribution in [0, 0.1) is 11.8 Å². The molecule has 1 aromatic carbocycles. The van der Waals surface area contributed by atoms with Crippen LogP contribution in [0.15, 0.2) is 46.0 Å². The number of nitrogens with one attached hydrogen (secondary N) is 1. The van der Waals surface area contributed by atoms with E-state index in [0.717, 1.165) is 18.4 Å². The Balaban J connectivity index is 1.46.